The van der Waals surface area contributed by atoms with Crippen LogP contribution in [0.4, 0.5) is 0 Å². The third-order valence-electron chi connectivity index (χ3n) is 4.39. The van der Waals surface area contributed by atoms with Crippen LogP contribution in [0.3, 0.4) is 0 Å². The molecule has 22 heavy (non-hydrogen) atoms. The number of nitrogens with one attached hydrogen (secondary N) is 1. The van der Waals surface area contributed by atoms with E-state index in [9.17, 15) is 5.11 Å². The monoisotopic (exact) mass is 323 g/mol. The van der Waals surface area contributed by atoms with Crippen molar-refractivity contribution in [3.8, 4) is 0 Å². The largest absolute Gasteiger partial charge is 1.00 e. The van der Waals surface area contributed by atoms with Crippen LogP contribution < -0.4 is 18.0 Å². The number of para-hydroxylation sites is 2. The van der Waals surface area contributed by atoms with Crippen LogP contribution in [-0.2, 0) is 13.1 Å². The Morgan fingerprint density at radius 2 is 1.50 bits per heavy atom. The van der Waals surface area contributed by atoms with Crippen LogP contribution in [0.15, 0.2) is 24.3 Å². The van der Waals surface area contributed by atoms with E-state index in [0.717, 1.165) is 24.1 Å². The Hall–Kier alpha value is -1.30. The molecule has 6 heteroatoms. The molecule has 1 aliphatic rings. The lowest BCUT2D eigenvalue weighted by Crippen LogP contribution is -3.00. The van der Waals surface area contributed by atoms with Crippen LogP contribution in [0.2, 0.25) is 0 Å². The van der Waals surface area contributed by atoms with Crippen LogP contribution in [0.1, 0.15) is 19.3 Å². The van der Waals surface area contributed by atoms with Crippen LogP contribution in [0.5, 0.6) is 0 Å². The SMILES string of the molecule is N=c1n(CCO)c2ccccc2n1CCN1CCCCC1.[Cl-]. The van der Waals surface area contributed by atoms with Crippen molar-refractivity contribution in [3.05, 3.63) is 29.9 Å². The Bertz CT molecular complexity index is 658. The van der Waals surface area contributed by atoms with Crippen molar-refractivity contribution < 1.29 is 17.5 Å². The molecule has 1 aromatic heterocycles. The molecule has 122 valence electrons. The summed E-state index contributed by atoms with van der Waals surface area (Å²) >= 11 is 0. The predicted octanol–water partition coefficient (Wildman–Crippen LogP) is -1.60. The van der Waals surface area contributed by atoms with Gasteiger partial charge in [0, 0.05) is 19.6 Å². The lowest BCUT2D eigenvalue weighted by Gasteiger charge is -2.26. The van der Waals surface area contributed by atoms with Crippen molar-refractivity contribution in [2.24, 2.45) is 0 Å². The zero-order valence-corrected chi connectivity index (χ0v) is 13.6. The van der Waals surface area contributed by atoms with Crippen molar-refractivity contribution in [1.29, 1.82) is 5.41 Å². The van der Waals surface area contributed by atoms with Gasteiger partial charge in [0.25, 0.3) is 0 Å². The molecule has 0 radical (unpaired) electrons. The van der Waals surface area contributed by atoms with Gasteiger partial charge in [-0.3, -0.25) is 5.41 Å². The number of fused-ring (bicyclic) bond motifs is 1. The number of halogens is 1. The quantitative estimate of drug-likeness (QED) is 0.697. The highest BCUT2D eigenvalue weighted by molar-refractivity contribution is 5.75. The average Bonchev–Trinajstić information content (AvgIpc) is 2.79. The molecule has 0 spiro atoms. The summed E-state index contributed by atoms with van der Waals surface area (Å²) in [6.07, 6.45) is 3.94. The molecule has 0 aliphatic carbocycles. The van der Waals surface area contributed by atoms with E-state index in [4.69, 9.17) is 5.41 Å². The molecule has 1 fully saturated rings. The third-order valence-corrected chi connectivity index (χ3v) is 4.39. The van der Waals surface area contributed by atoms with Gasteiger partial charge in [0.2, 0.25) is 5.62 Å². The van der Waals surface area contributed by atoms with Crippen molar-refractivity contribution in [2.45, 2.75) is 32.4 Å². The van der Waals surface area contributed by atoms with E-state index >= 15 is 0 Å². The number of piperidine rings is 1. The van der Waals surface area contributed by atoms with Crippen molar-refractivity contribution in [2.75, 3.05) is 26.2 Å². The molecule has 1 aliphatic heterocycles. The molecular weight excluding hydrogens is 300 g/mol. The van der Waals surface area contributed by atoms with Gasteiger partial charge in [0.15, 0.2) is 0 Å². The highest BCUT2D eigenvalue weighted by Crippen LogP contribution is 2.13. The molecule has 0 bridgehead atoms. The highest BCUT2D eigenvalue weighted by atomic mass is 35.5. The third kappa shape index (κ3) is 3.37. The molecular formula is C16H24ClN4O-. The maximum absolute atomic E-state index is 9.22. The second kappa shape index (κ2) is 7.81. The first-order valence-corrected chi connectivity index (χ1v) is 7.87. The van der Waals surface area contributed by atoms with Crippen LogP contribution in [0.25, 0.3) is 11.0 Å². The minimum Gasteiger partial charge on any atom is -1.00 e. The average molecular weight is 324 g/mol. The number of likely N-dealkylation sites (tertiary alicyclic amines) is 1. The summed E-state index contributed by atoms with van der Waals surface area (Å²) in [7, 11) is 0. The lowest BCUT2D eigenvalue weighted by atomic mass is 10.1. The molecule has 2 N–H and O–H groups in total. The molecule has 1 saturated heterocycles. The number of hydrogen-bond acceptors (Lipinski definition) is 3. The van der Waals surface area contributed by atoms with Gasteiger partial charge in [-0.2, -0.15) is 0 Å². The first-order valence-electron chi connectivity index (χ1n) is 7.87. The van der Waals surface area contributed by atoms with Gasteiger partial charge in [-0.05, 0) is 38.1 Å². The zero-order chi connectivity index (χ0) is 14.7. The summed E-state index contributed by atoms with van der Waals surface area (Å²) in [6.45, 7) is 4.76. The van der Waals surface area contributed by atoms with E-state index in [2.05, 4.69) is 15.5 Å². The Balaban J connectivity index is 0.00000176. The number of nitrogens with zero attached hydrogens (tertiary/aromatic N) is 3. The smallest absolute Gasteiger partial charge is 0.203 e. The number of aromatic nitrogens is 2. The molecule has 0 unspecified atom stereocenters. The number of aliphatic hydroxyl groups is 1. The molecule has 2 aromatic rings. The minimum atomic E-state index is 0. The second-order valence-electron chi connectivity index (χ2n) is 5.74. The van der Waals surface area contributed by atoms with E-state index in [0.29, 0.717) is 12.2 Å². The van der Waals surface area contributed by atoms with Crippen LogP contribution in [0, 0.1) is 5.41 Å². The van der Waals surface area contributed by atoms with E-state index < -0.39 is 0 Å². The molecule has 5 nitrogen and oxygen atoms in total. The van der Waals surface area contributed by atoms with Crippen molar-refractivity contribution in [1.82, 2.24) is 14.0 Å². The summed E-state index contributed by atoms with van der Waals surface area (Å²) in [6, 6.07) is 8.10. The number of hydrogen-bond donors (Lipinski definition) is 2. The van der Waals surface area contributed by atoms with Crippen LogP contribution >= 0.6 is 0 Å². The number of aliphatic hydroxyl groups excluding tert-OH is 1. The molecule has 1 aromatic carbocycles. The van der Waals surface area contributed by atoms with E-state index in [-0.39, 0.29) is 19.0 Å². The summed E-state index contributed by atoms with van der Waals surface area (Å²) < 4.78 is 3.96. The zero-order valence-electron chi connectivity index (χ0n) is 12.8. The molecule has 2 heterocycles. The molecule has 0 amide bonds. The van der Waals surface area contributed by atoms with Crippen molar-refractivity contribution >= 4 is 11.0 Å². The number of imidazole rings is 1. The van der Waals surface area contributed by atoms with E-state index in [1.807, 2.05) is 22.8 Å². The fraction of sp³-hybridized carbons (Fsp3) is 0.562. The Morgan fingerprint density at radius 1 is 0.909 bits per heavy atom. The highest BCUT2D eigenvalue weighted by Gasteiger charge is 2.13. The van der Waals surface area contributed by atoms with Gasteiger partial charge >= 0.3 is 0 Å². The normalized spacial score (nSPS) is 15.9. The fourth-order valence-electron chi connectivity index (χ4n) is 3.27. The fourth-order valence-corrected chi connectivity index (χ4v) is 3.27. The first kappa shape index (κ1) is 17.1. The lowest BCUT2D eigenvalue weighted by molar-refractivity contribution is -0.00000567. The van der Waals surface area contributed by atoms with E-state index in [1.54, 1.807) is 0 Å². The summed E-state index contributed by atoms with van der Waals surface area (Å²) in [5, 5.41) is 17.6. The van der Waals surface area contributed by atoms with Gasteiger partial charge in [0.05, 0.1) is 17.6 Å². The topological polar surface area (TPSA) is 57.2 Å². The summed E-state index contributed by atoms with van der Waals surface area (Å²) in [5.41, 5.74) is 2.62. The molecule has 0 saturated carbocycles. The van der Waals surface area contributed by atoms with Gasteiger partial charge < -0.3 is 31.5 Å². The molecule has 0 atom stereocenters. The first-order chi connectivity index (χ1) is 10.3. The van der Waals surface area contributed by atoms with Gasteiger partial charge in [-0.1, -0.05) is 18.6 Å². The van der Waals surface area contributed by atoms with Gasteiger partial charge in [-0.25, -0.2) is 0 Å². The summed E-state index contributed by atoms with van der Waals surface area (Å²) in [4.78, 5) is 2.49. The molecule has 3 rings (SSSR count). The number of benzene rings is 1. The maximum atomic E-state index is 9.22. The Kier molecular flexibility index (Phi) is 6.06. The second-order valence-corrected chi connectivity index (χ2v) is 5.74. The van der Waals surface area contributed by atoms with E-state index in [1.165, 1.54) is 32.4 Å². The number of rotatable bonds is 5. The van der Waals surface area contributed by atoms with Gasteiger partial charge in [0.1, 0.15) is 0 Å². The predicted molar refractivity (Wildman–Crippen MR) is 83.2 cm³/mol. The maximum Gasteiger partial charge on any atom is 0.203 e. The Morgan fingerprint density at radius 3 is 2.09 bits per heavy atom. The summed E-state index contributed by atoms with van der Waals surface area (Å²) in [5.74, 6) is 0. The standard InChI is InChI=1S/C16H24N4O.ClH/c17-16-19(11-10-18-8-4-1-5-9-18)14-6-2-3-7-15(14)20(16)12-13-21;/h2-3,6-7,17,21H,1,4-5,8-13H2;1H/p-1. The van der Waals surface area contributed by atoms with Crippen molar-refractivity contribution in [3.63, 3.8) is 0 Å². The minimum absolute atomic E-state index is 0. The Labute approximate surface area is 137 Å². The van der Waals surface area contributed by atoms with Crippen LogP contribution in [-0.4, -0.2) is 45.4 Å². The van der Waals surface area contributed by atoms with Gasteiger partial charge in [-0.15, -0.1) is 0 Å².